The van der Waals surface area contributed by atoms with Gasteiger partial charge in [0, 0.05) is 23.8 Å². The first-order valence-corrected chi connectivity index (χ1v) is 9.05. The number of hydrogen-bond acceptors (Lipinski definition) is 3. The highest BCUT2D eigenvalue weighted by Crippen LogP contribution is 2.28. The number of rotatable bonds is 5. The van der Waals surface area contributed by atoms with Crippen LogP contribution in [0.1, 0.15) is 19.8 Å². The Hall–Kier alpha value is -2.17. The van der Waals surface area contributed by atoms with Gasteiger partial charge in [0.1, 0.15) is 0 Å². The molecule has 2 unspecified atom stereocenters. The van der Waals surface area contributed by atoms with Crippen molar-refractivity contribution >= 4 is 11.6 Å². The average molecular weight is 337 g/mol. The molecule has 25 heavy (non-hydrogen) atoms. The third-order valence-corrected chi connectivity index (χ3v) is 5.06. The number of amides is 1. The van der Waals surface area contributed by atoms with Gasteiger partial charge in [0.05, 0.1) is 6.04 Å². The Balaban J connectivity index is 1.73. The number of piperidine rings is 1. The van der Waals surface area contributed by atoms with E-state index in [0.29, 0.717) is 6.04 Å². The average Bonchev–Trinajstić information content (AvgIpc) is 2.68. The van der Waals surface area contributed by atoms with Crippen molar-refractivity contribution in [2.24, 2.45) is 0 Å². The lowest BCUT2D eigenvalue weighted by atomic mass is 10.0. The van der Waals surface area contributed by atoms with E-state index in [4.69, 9.17) is 0 Å². The summed E-state index contributed by atoms with van der Waals surface area (Å²) in [6.07, 6.45) is 2.31. The van der Waals surface area contributed by atoms with Crippen molar-refractivity contribution in [3.63, 3.8) is 0 Å². The van der Waals surface area contributed by atoms with E-state index in [0.717, 1.165) is 36.3 Å². The minimum Gasteiger partial charge on any atom is -0.324 e. The molecule has 2 aromatic rings. The highest BCUT2D eigenvalue weighted by molar-refractivity contribution is 5.98. The molecule has 2 aromatic carbocycles. The molecular formula is C21H27N3O. The fraction of sp³-hybridized carbons (Fsp3) is 0.381. The molecule has 1 saturated heterocycles. The van der Waals surface area contributed by atoms with Gasteiger partial charge >= 0.3 is 0 Å². The first-order chi connectivity index (χ1) is 12.2. The van der Waals surface area contributed by atoms with Gasteiger partial charge in [-0.25, -0.2) is 0 Å². The second kappa shape index (κ2) is 8.28. The fourth-order valence-corrected chi connectivity index (χ4v) is 3.46. The van der Waals surface area contributed by atoms with E-state index in [-0.39, 0.29) is 11.9 Å². The highest BCUT2D eigenvalue weighted by atomic mass is 16.2. The van der Waals surface area contributed by atoms with Gasteiger partial charge in [-0.15, -0.1) is 0 Å². The maximum Gasteiger partial charge on any atom is 0.241 e. The summed E-state index contributed by atoms with van der Waals surface area (Å²) >= 11 is 0. The summed E-state index contributed by atoms with van der Waals surface area (Å²) < 4.78 is 0. The van der Waals surface area contributed by atoms with Crippen LogP contribution in [0.5, 0.6) is 0 Å². The van der Waals surface area contributed by atoms with Crippen LogP contribution in [0.4, 0.5) is 5.69 Å². The Morgan fingerprint density at radius 2 is 1.84 bits per heavy atom. The van der Waals surface area contributed by atoms with Crippen molar-refractivity contribution in [1.82, 2.24) is 10.2 Å². The Morgan fingerprint density at radius 1 is 1.12 bits per heavy atom. The number of nitrogens with zero attached hydrogens (tertiary/aromatic N) is 1. The monoisotopic (exact) mass is 337 g/mol. The number of likely N-dealkylation sites (tertiary alicyclic amines) is 1. The first-order valence-electron chi connectivity index (χ1n) is 9.05. The van der Waals surface area contributed by atoms with E-state index in [1.165, 1.54) is 6.42 Å². The van der Waals surface area contributed by atoms with E-state index < -0.39 is 0 Å². The summed E-state index contributed by atoms with van der Waals surface area (Å²) in [6, 6.07) is 18.5. The molecule has 0 saturated carbocycles. The first kappa shape index (κ1) is 17.6. The molecule has 0 spiro atoms. The van der Waals surface area contributed by atoms with E-state index in [2.05, 4.69) is 27.7 Å². The van der Waals surface area contributed by atoms with Gasteiger partial charge in [0.15, 0.2) is 0 Å². The lowest BCUT2D eigenvalue weighted by molar-refractivity contribution is -0.121. The zero-order chi connectivity index (χ0) is 17.6. The number of likely N-dealkylation sites (N-methyl/N-ethyl adjacent to an activating group) is 1. The van der Waals surface area contributed by atoms with Crippen LogP contribution < -0.4 is 10.6 Å². The zero-order valence-corrected chi connectivity index (χ0v) is 15.0. The summed E-state index contributed by atoms with van der Waals surface area (Å²) in [6.45, 7) is 3.90. The summed E-state index contributed by atoms with van der Waals surface area (Å²) in [5, 5.41) is 6.47. The van der Waals surface area contributed by atoms with Crippen molar-refractivity contribution in [1.29, 1.82) is 0 Å². The molecule has 1 aliphatic heterocycles. The molecule has 1 amide bonds. The second-order valence-electron chi connectivity index (χ2n) is 6.70. The summed E-state index contributed by atoms with van der Waals surface area (Å²) in [5.41, 5.74) is 3.03. The molecule has 132 valence electrons. The maximum atomic E-state index is 12.8. The van der Waals surface area contributed by atoms with Crippen molar-refractivity contribution < 1.29 is 4.79 Å². The number of carbonyl (C=O) groups excluding carboxylic acids is 1. The number of hydrogen-bond donors (Lipinski definition) is 2. The summed E-state index contributed by atoms with van der Waals surface area (Å²) in [7, 11) is 2.00. The number of benzene rings is 2. The number of carbonyl (C=O) groups is 1. The molecule has 1 heterocycles. The molecule has 0 radical (unpaired) electrons. The molecule has 0 aliphatic carbocycles. The van der Waals surface area contributed by atoms with Gasteiger partial charge in [-0.3, -0.25) is 9.69 Å². The topological polar surface area (TPSA) is 44.4 Å². The standard InChI is InChI=1S/C21H27N3O/c1-16(24-14-8-11-18(15-24)22-2)21(25)23-20-13-7-6-12-19(20)17-9-4-3-5-10-17/h3-7,9-10,12-13,16,18,22H,8,11,14-15H2,1-2H3,(H,23,25). The molecule has 4 nitrogen and oxygen atoms in total. The molecular weight excluding hydrogens is 310 g/mol. The molecule has 1 aliphatic rings. The highest BCUT2D eigenvalue weighted by Gasteiger charge is 2.27. The van der Waals surface area contributed by atoms with Crippen LogP contribution in [0.3, 0.4) is 0 Å². The van der Waals surface area contributed by atoms with Crippen LogP contribution in [0.15, 0.2) is 54.6 Å². The summed E-state index contributed by atoms with van der Waals surface area (Å²) in [5.74, 6) is 0.0557. The SMILES string of the molecule is CNC1CCCN(C(C)C(=O)Nc2ccccc2-c2ccccc2)C1. The van der Waals surface area contributed by atoms with Gasteiger partial charge in [-0.1, -0.05) is 48.5 Å². The Morgan fingerprint density at radius 3 is 2.60 bits per heavy atom. The van der Waals surface area contributed by atoms with E-state index in [9.17, 15) is 4.79 Å². The van der Waals surface area contributed by atoms with Crippen molar-refractivity contribution in [3.05, 3.63) is 54.6 Å². The summed E-state index contributed by atoms with van der Waals surface area (Å²) in [4.78, 5) is 15.1. The Bertz CT molecular complexity index is 701. The van der Waals surface area contributed by atoms with E-state index in [1.807, 2.05) is 56.4 Å². The number of para-hydroxylation sites is 1. The van der Waals surface area contributed by atoms with Gasteiger partial charge in [0.25, 0.3) is 0 Å². The van der Waals surface area contributed by atoms with Gasteiger partial charge < -0.3 is 10.6 Å². The lowest BCUT2D eigenvalue weighted by Gasteiger charge is -2.36. The predicted octanol–water partition coefficient (Wildman–Crippen LogP) is 3.36. The number of anilines is 1. The Labute approximate surface area is 150 Å². The lowest BCUT2D eigenvalue weighted by Crippen LogP contribution is -2.51. The van der Waals surface area contributed by atoms with Crippen molar-refractivity contribution in [2.75, 3.05) is 25.5 Å². The smallest absolute Gasteiger partial charge is 0.241 e. The van der Waals surface area contributed by atoms with Gasteiger partial charge in [0.2, 0.25) is 5.91 Å². The van der Waals surface area contributed by atoms with Crippen molar-refractivity contribution in [3.8, 4) is 11.1 Å². The van der Waals surface area contributed by atoms with Crippen LogP contribution in [-0.4, -0.2) is 43.0 Å². The minimum atomic E-state index is -0.139. The van der Waals surface area contributed by atoms with E-state index in [1.54, 1.807) is 0 Å². The molecule has 3 rings (SSSR count). The molecule has 0 bridgehead atoms. The maximum absolute atomic E-state index is 12.8. The quantitative estimate of drug-likeness (QED) is 0.879. The van der Waals surface area contributed by atoms with Crippen LogP contribution in [-0.2, 0) is 4.79 Å². The van der Waals surface area contributed by atoms with Gasteiger partial charge in [-0.2, -0.15) is 0 Å². The van der Waals surface area contributed by atoms with Crippen LogP contribution in [0.25, 0.3) is 11.1 Å². The third kappa shape index (κ3) is 4.27. The fourth-order valence-electron chi connectivity index (χ4n) is 3.46. The van der Waals surface area contributed by atoms with Crippen LogP contribution >= 0.6 is 0 Å². The Kier molecular flexibility index (Phi) is 5.84. The zero-order valence-electron chi connectivity index (χ0n) is 15.0. The second-order valence-corrected chi connectivity index (χ2v) is 6.70. The minimum absolute atomic E-state index is 0.0557. The predicted molar refractivity (Wildman–Crippen MR) is 104 cm³/mol. The van der Waals surface area contributed by atoms with Crippen LogP contribution in [0.2, 0.25) is 0 Å². The normalized spacial score (nSPS) is 19.4. The molecule has 2 atom stereocenters. The molecule has 0 aromatic heterocycles. The molecule has 2 N–H and O–H groups in total. The third-order valence-electron chi connectivity index (χ3n) is 5.06. The largest absolute Gasteiger partial charge is 0.324 e. The number of nitrogens with one attached hydrogen (secondary N) is 2. The van der Waals surface area contributed by atoms with E-state index >= 15 is 0 Å². The van der Waals surface area contributed by atoms with Crippen molar-refractivity contribution in [2.45, 2.75) is 31.8 Å². The van der Waals surface area contributed by atoms with Crippen LogP contribution in [0, 0.1) is 0 Å². The molecule has 4 heteroatoms. The molecule has 1 fully saturated rings. The van der Waals surface area contributed by atoms with Gasteiger partial charge in [-0.05, 0) is 45.0 Å².